The maximum atomic E-state index is 9.74. The second-order valence-electron chi connectivity index (χ2n) is 10.3. The van der Waals surface area contributed by atoms with E-state index in [-0.39, 0.29) is 23.6 Å². The zero-order valence-electron chi connectivity index (χ0n) is 22.2. The largest absolute Gasteiger partial charge is 1.00 e. The second kappa shape index (κ2) is 20.5. The molecule has 1 aliphatic rings. The van der Waals surface area contributed by atoms with Gasteiger partial charge in [0.1, 0.15) is 13.1 Å². The van der Waals surface area contributed by atoms with E-state index in [2.05, 4.69) is 37.3 Å². The summed E-state index contributed by atoms with van der Waals surface area (Å²) in [5, 5.41) is 9.74. The molecule has 0 aliphatic carbocycles. The molecule has 3 nitrogen and oxygen atoms in total. The number of hydrogen-bond acceptors (Lipinski definition) is 2. The molecule has 4 heteroatoms. The third-order valence-electron chi connectivity index (χ3n) is 7.57. The lowest BCUT2D eigenvalue weighted by Gasteiger charge is -2.34. The monoisotopic (exact) mass is 536 g/mol. The molecule has 34 heavy (non-hydrogen) atoms. The molecule has 0 fully saturated rings. The van der Waals surface area contributed by atoms with Crippen molar-refractivity contribution in [2.75, 3.05) is 32.8 Å². The minimum Gasteiger partial charge on any atom is -1.00 e. The van der Waals surface area contributed by atoms with E-state index in [1.54, 1.807) is 0 Å². The van der Waals surface area contributed by atoms with Crippen LogP contribution in [0.15, 0.2) is 35.3 Å². The van der Waals surface area contributed by atoms with Crippen molar-refractivity contribution in [2.24, 2.45) is 4.99 Å². The van der Waals surface area contributed by atoms with Crippen LogP contribution in [0.5, 0.6) is 0 Å². The molecular weight excluding hydrogens is 484 g/mol. The quantitative estimate of drug-likeness (QED) is 0.179. The normalized spacial score (nSPS) is 17.5. The second-order valence-corrected chi connectivity index (χ2v) is 10.3. The van der Waals surface area contributed by atoms with E-state index in [1.807, 2.05) is 0 Å². The molecule has 1 aromatic rings. The van der Waals surface area contributed by atoms with Gasteiger partial charge in [-0.05, 0) is 12.0 Å². The average Bonchev–Trinajstić information content (AvgIpc) is 3.23. The Balaban J connectivity index is 0.00000578. The van der Waals surface area contributed by atoms with E-state index in [4.69, 9.17) is 4.99 Å². The molecule has 0 bridgehead atoms. The summed E-state index contributed by atoms with van der Waals surface area (Å²) in [5.74, 6) is 1.36. The first kappa shape index (κ1) is 31.3. The van der Waals surface area contributed by atoms with E-state index < -0.39 is 0 Å². The first-order chi connectivity index (χ1) is 16.3. The van der Waals surface area contributed by atoms with Crippen LogP contribution in [0.3, 0.4) is 0 Å². The van der Waals surface area contributed by atoms with Crippen molar-refractivity contribution in [1.82, 2.24) is 0 Å². The third-order valence-corrected chi connectivity index (χ3v) is 7.57. The van der Waals surface area contributed by atoms with E-state index in [0.29, 0.717) is 0 Å². The van der Waals surface area contributed by atoms with Gasteiger partial charge in [-0.25, -0.2) is 4.99 Å². The molecule has 196 valence electrons. The Morgan fingerprint density at radius 1 is 0.706 bits per heavy atom. The van der Waals surface area contributed by atoms with Gasteiger partial charge in [0.2, 0.25) is 0 Å². The van der Waals surface area contributed by atoms with Gasteiger partial charge in [-0.1, -0.05) is 127 Å². The average molecular weight is 538 g/mol. The number of hydrogen-bond donors (Lipinski definition) is 1. The number of aliphatic imine (C=N–C) groups is 1. The van der Waals surface area contributed by atoms with Crippen LogP contribution in [-0.2, 0) is 6.42 Å². The maximum Gasteiger partial charge on any atom is 0.198 e. The number of rotatable bonds is 21. The van der Waals surface area contributed by atoms with Gasteiger partial charge >= 0.3 is 0 Å². The third kappa shape index (κ3) is 12.8. The molecule has 0 aromatic heterocycles. The van der Waals surface area contributed by atoms with Crippen molar-refractivity contribution < 1.29 is 26.6 Å². The van der Waals surface area contributed by atoms with E-state index in [0.717, 1.165) is 43.5 Å². The van der Waals surface area contributed by atoms with Gasteiger partial charge in [-0.2, -0.15) is 0 Å². The fourth-order valence-corrected chi connectivity index (χ4v) is 5.39. The zero-order valence-corrected chi connectivity index (χ0v) is 23.7. The highest BCUT2D eigenvalue weighted by molar-refractivity contribution is 5.76. The van der Waals surface area contributed by atoms with Crippen molar-refractivity contribution in [2.45, 2.75) is 116 Å². The fraction of sp³-hybridized carbons (Fsp3) is 0.767. The van der Waals surface area contributed by atoms with Crippen LogP contribution >= 0.6 is 0 Å². The smallest absolute Gasteiger partial charge is 0.198 e. The molecule has 0 amide bonds. The predicted molar refractivity (Wildman–Crippen MR) is 144 cm³/mol. The molecule has 1 aromatic carbocycles. The summed E-state index contributed by atoms with van der Waals surface area (Å²) >= 11 is 0. The van der Waals surface area contributed by atoms with Crippen molar-refractivity contribution in [1.29, 1.82) is 0 Å². The van der Waals surface area contributed by atoms with Gasteiger partial charge in [0.15, 0.2) is 5.84 Å². The van der Waals surface area contributed by atoms with Crippen molar-refractivity contribution >= 4 is 5.84 Å². The summed E-state index contributed by atoms with van der Waals surface area (Å²) in [6, 6.07) is 10.8. The molecule has 0 spiro atoms. The minimum atomic E-state index is 0. The van der Waals surface area contributed by atoms with Gasteiger partial charge < -0.3 is 22.1 Å². The first-order valence-electron chi connectivity index (χ1n) is 14.4. The van der Waals surface area contributed by atoms with Crippen molar-refractivity contribution in [3.8, 4) is 0 Å². The number of halogens is 1. The number of quaternary nitrogens is 1. The number of aliphatic hydroxyl groups excluding tert-OH is 1. The summed E-state index contributed by atoms with van der Waals surface area (Å²) in [4.78, 5) is 4.90. The number of benzene rings is 1. The van der Waals surface area contributed by atoms with Gasteiger partial charge in [-0.15, -0.1) is 0 Å². The molecule has 1 heterocycles. The van der Waals surface area contributed by atoms with E-state index >= 15 is 0 Å². The Hall–Kier alpha value is -0.710. The molecule has 0 radical (unpaired) electrons. The highest BCUT2D eigenvalue weighted by Gasteiger charge is 2.36. The lowest BCUT2D eigenvalue weighted by molar-refractivity contribution is -0.836. The molecule has 1 atom stereocenters. The summed E-state index contributed by atoms with van der Waals surface area (Å²) in [7, 11) is 0. The number of amidine groups is 1. The van der Waals surface area contributed by atoms with Crippen LogP contribution in [0.25, 0.3) is 0 Å². The highest BCUT2D eigenvalue weighted by Crippen LogP contribution is 2.22. The number of nitrogens with zero attached hydrogens (tertiary/aromatic N) is 2. The number of unbranched alkanes of at least 4 members (excludes halogenated alkanes) is 14. The molecule has 2 rings (SSSR count). The van der Waals surface area contributed by atoms with Crippen LogP contribution in [-0.4, -0.2) is 48.2 Å². The Morgan fingerprint density at radius 2 is 1.24 bits per heavy atom. The van der Waals surface area contributed by atoms with Crippen LogP contribution in [0.2, 0.25) is 0 Å². The maximum absolute atomic E-state index is 9.74. The van der Waals surface area contributed by atoms with Gasteiger partial charge in [0, 0.05) is 12.8 Å². The fourth-order valence-electron chi connectivity index (χ4n) is 5.39. The van der Waals surface area contributed by atoms with Gasteiger partial charge in [-0.3, -0.25) is 4.48 Å². The Bertz CT molecular complexity index is 621. The van der Waals surface area contributed by atoms with Crippen molar-refractivity contribution in [3.63, 3.8) is 0 Å². The lowest BCUT2D eigenvalue weighted by atomic mass is 10.0. The Kier molecular flexibility index (Phi) is 18.9. The van der Waals surface area contributed by atoms with Gasteiger partial charge in [0.25, 0.3) is 0 Å². The summed E-state index contributed by atoms with van der Waals surface area (Å²) in [6.45, 7) is 6.45. The van der Waals surface area contributed by atoms with Crippen LogP contribution in [0, 0.1) is 0 Å². The van der Waals surface area contributed by atoms with Crippen molar-refractivity contribution in [3.05, 3.63) is 35.9 Å². The molecule has 1 N–H and O–H groups in total. The van der Waals surface area contributed by atoms with Crippen LogP contribution in [0.4, 0.5) is 0 Å². The topological polar surface area (TPSA) is 32.6 Å². The molecular formula is C30H53BrN2O. The molecule has 0 saturated carbocycles. The molecule has 1 unspecified atom stereocenters. The summed E-state index contributed by atoms with van der Waals surface area (Å²) in [6.07, 6.45) is 23.3. The van der Waals surface area contributed by atoms with E-state index in [1.165, 1.54) is 108 Å². The zero-order chi connectivity index (χ0) is 23.5. The number of aliphatic hydroxyl groups is 1. The SMILES string of the molecule is CCCCCCCCCCCCCCCCCC1=NCC[N+]1(CCO)CCc1ccccc1.[Br-]. The minimum absolute atomic E-state index is 0. The Morgan fingerprint density at radius 3 is 1.76 bits per heavy atom. The first-order valence-corrected chi connectivity index (χ1v) is 14.4. The Labute approximate surface area is 221 Å². The van der Waals surface area contributed by atoms with Gasteiger partial charge in [0.05, 0.1) is 19.7 Å². The van der Waals surface area contributed by atoms with E-state index in [9.17, 15) is 5.11 Å². The van der Waals surface area contributed by atoms with Crippen LogP contribution in [0.1, 0.15) is 115 Å². The highest BCUT2D eigenvalue weighted by atomic mass is 79.9. The standard InChI is InChI=1S/C30H53N2O.BrH/c1-2-3-4-5-6-7-8-9-10-11-12-13-14-15-19-22-30-31-24-26-32(30,27-28-33)25-23-29-20-17-16-18-21-29;/h16-18,20-21,33H,2-15,19,22-28H2,1H3;1H/q+1;/p-1. The molecule has 1 aliphatic heterocycles. The van der Waals surface area contributed by atoms with Crippen LogP contribution < -0.4 is 17.0 Å². The summed E-state index contributed by atoms with van der Waals surface area (Å²) in [5.41, 5.74) is 1.39. The lowest BCUT2D eigenvalue weighted by Crippen LogP contribution is -3.00. The summed E-state index contributed by atoms with van der Waals surface area (Å²) < 4.78 is 0.921. The predicted octanol–water partition coefficient (Wildman–Crippen LogP) is 4.72. The molecule has 0 saturated heterocycles.